The van der Waals surface area contributed by atoms with Crippen molar-refractivity contribution in [2.75, 3.05) is 20.4 Å². The molecule has 0 unspecified atom stereocenters. The molecule has 136 valence electrons. The van der Waals surface area contributed by atoms with Crippen LogP contribution in [0.3, 0.4) is 0 Å². The molecule has 7 nitrogen and oxygen atoms in total. The van der Waals surface area contributed by atoms with Crippen LogP contribution in [0.2, 0.25) is 0 Å². The highest BCUT2D eigenvalue weighted by Crippen LogP contribution is 2.32. The van der Waals surface area contributed by atoms with Crippen molar-refractivity contribution < 1.29 is 19.0 Å². The van der Waals surface area contributed by atoms with Gasteiger partial charge in [0.2, 0.25) is 12.7 Å². The fourth-order valence-corrected chi connectivity index (χ4v) is 2.64. The summed E-state index contributed by atoms with van der Waals surface area (Å²) in [5.41, 5.74) is 1.46. The second-order valence-electron chi connectivity index (χ2n) is 5.76. The first kappa shape index (κ1) is 17.6. The molecule has 2 aromatic rings. The molecular weight excluding hydrogens is 336 g/mol. The van der Waals surface area contributed by atoms with Crippen molar-refractivity contribution in [2.45, 2.75) is 13.5 Å². The van der Waals surface area contributed by atoms with E-state index in [1.54, 1.807) is 22.8 Å². The number of nitrogens with zero attached hydrogens (tertiary/aromatic N) is 1. The highest BCUT2D eigenvalue weighted by Gasteiger charge is 2.12. The van der Waals surface area contributed by atoms with Crippen molar-refractivity contribution in [1.29, 1.82) is 0 Å². The molecule has 2 heterocycles. The molecule has 1 amide bonds. The van der Waals surface area contributed by atoms with Gasteiger partial charge in [0.25, 0.3) is 5.56 Å². The van der Waals surface area contributed by atoms with Crippen LogP contribution < -0.4 is 25.1 Å². The van der Waals surface area contributed by atoms with Crippen LogP contribution in [0.4, 0.5) is 0 Å². The highest BCUT2D eigenvalue weighted by molar-refractivity contribution is 5.91. The van der Waals surface area contributed by atoms with Gasteiger partial charge in [0.05, 0.1) is 7.11 Å². The van der Waals surface area contributed by atoms with Crippen LogP contribution in [0.15, 0.2) is 41.2 Å². The van der Waals surface area contributed by atoms with E-state index in [0.717, 1.165) is 11.3 Å². The normalized spacial score (nSPS) is 12.4. The Labute approximate surface area is 150 Å². The molecule has 0 atom stereocenters. The first-order valence-electron chi connectivity index (χ1n) is 8.18. The van der Waals surface area contributed by atoms with Crippen molar-refractivity contribution in [2.24, 2.45) is 0 Å². The summed E-state index contributed by atoms with van der Waals surface area (Å²) in [4.78, 5) is 24.0. The van der Waals surface area contributed by atoms with Gasteiger partial charge in [-0.1, -0.05) is 6.07 Å². The average molecular weight is 356 g/mol. The zero-order valence-corrected chi connectivity index (χ0v) is 14.7. The smallest absolute Gasteiger partial charge is 0.254 e. The number of ether oxygens (including phenoxy) is 3. The number of aromatic nitrogens is 1. The average Bonchev–Trinajstić information content (AvgIpc) is 3.09. The van der Waals surface area contributed by atoms with Gasteiger partial charge in [-0.3, -0.25) is 9.59 Å². The topological polar surface area (TPSA) is 78.8 Å². The number of rotatable bonds is 6. The Bertz CT molecular complexity index is 901. The third-order valence-corrected chi connectivity index (χ3v) is 4.00. The Morgan fingerprint density at radius 2 is 2.08 bits per heavy atom. The molecule has 3 rings (SSSR count). The van der Waals surface area contributed by atoms with Crippen LogP contribution in [-0.4, -0.2) is 30.9 Å². The zero-order valence-electron chi connectivity index (χ0n) is 14.7. The maximum atomic E-state index is 12.0. The first-order chi connectivity index (χ1) is 12.6. The summed E-state index contributed by atoms with van der Waals surface area (Å²) in [5.74, 6) is 1.66. The minimum atomic E-state index is -0.234. The number of carbonyl (C=O) groups is 1. The van der Waals surface area contributed by atoms with Gasteiger partial charge < -0.3 is 24.1 Å². The van der Waals surface area contributed by atoms with E-state index in [0.29, 0.717) is 30.3 Å². The molecule has 1 aromatic carbocycles. The third-order valence-electron chi connectivity index (χ3n) is 4.00. The maximum absolute atomic E-state index is 12.0. The van der Waals surface area contributed by atoms with Gasteiger partial charge in [0.1, 0.15) is 5.75 Å². The minimum Gasteiger partial charge on any atom is -0.496 e. The molecule has 0 saturated heterocycles. The summed E-state index contributed by atoms with van der Waals surface area (Å²) < 4.78 is 17.2. The molecule has 7 heteroatoms. The van der Waals surface area contributed by atoms with Gasteiger partial charge in [0, 0.05) is 30.9 Å². The number of benzene rings is 1. The second-order valence-corrected chi connectivity index (χ2v) is 5.76. The fraction of sp³-hybridized carbons (Fsp3) is 0.263. The van der Waals surface area contributed by atoms with E-state index in [2.05, 4.69) is 5.32 Å². The number of pyridine rings is 1. The predicted molar refractivity (Wildman–Crippen MR) is 96.6 cm³/mol. The lowest BCUT2D eigenvalue weighted by atomic mass is 10.2. The number of hydrogen-bond donors (Lipinski definition) is 1. The largest absolute Gasteiger partial charge is 0.496 e. The SMILES string of the molecule is COc1cc(C)n(CCNC(=O)/C=C/c2ccc3c(c2)OCO3)c(=O)c1. The maximum Gasteiger partial charge on any atom is 0.254 e. The van der Waals surface area contributed by atoms with Crippen LogP contribution in [0, 0.1) is 6.92 Å². The lowest BCUT2D eigenvalue weighted by Gasteiger charge is -2.11. The summed E-state index contributed by atoms with van der Waals surface area (Å²) in [7, 11) is 1.52. The van der Waals surface area contributed by atoms with Gasteiger partial charge >= 0.3 is 0 Å². The summed E-state index contributed by atoms with van der Waals surface area (Å²) in [5, 5.41) is 2.76. The number of fused-ring (bicyclic) bond motifs is 1. The summed E-state index contributed by atoms with van der Waals surface area (Å²) in [6.07, 6.45) is 3.14. The quantitative estimate of drug-likeness (QED) is 0.798. The van der Waals surface area contributed by atoms with Crippen LogP contribution in [-0.2, 0) is 11.3 Å². The second kappa shape index (κ2) is 7.77. The predicted octanol–water partition coefficient (Wildman–Crippen LogP) is 1.72. The number of amides is 1. The number of methoxy groups -OCH3 is 1. The van der Waals surface area contributed by atoms with Gasteiger partial charge in [-0.05, 0) is 36.8 Å². The number of aryl methyl sites for hydroxylation is 1. The number of hydrogen-bond acceptors (Lipinski definition) is 5. The Hall–Kier alpha value is -3.22. The van der Waals surface area contributed by atoms with Crippen LogP contribution in [0.25, 0.3) is 6.08 Å². The molecule has 1 aliphatic rings. The summed E-state index contributed by atoms with van der Waals surface area (Å²) in [6, 6.07) is 8.67. The monoisotopic (exact) mass is 356 g/mol. The summed E-state index contributed by atoms with van der Waals surface area (Å²) in [6.45, 7) is 2.77. The minimum absolute atomic E-state index is 0.160. The molecule has 0 aliphatic carbocycles. The van der Waals surface area contributed by atoms with Gasteiger partial charge in [-0.25, -0.2) is 0 Å². The fourth-order valence-electron chi connectivity index (χ4n) is 2.64. The Morgan fingerprint density at radius 3 is 2.85 bits per heavy atom. The molecule has 0 saturated carbocycles. The van der Waals surface area contributed by atoms with E-state index in [4.69, 9.17) is 14.2 Å². The van der Waals surface area contributed by atoms with E-state index in [1.807, 2.05) is 19.1 Å². The highest BCUT2D eigenvalue weighted by atomic mass is 16.7. The summed E-state index contributed by atoms with van der Waals surface area (Å²) >= 11 is 0. The molecule has 1 aromatic heterocycles. The lowest BCUT2D eigenvalue weighted by Crippen LogP contribution is -2.30. The van der Waals surface area contributed by atoms with Gasteiger partial charge in [0.15, 0.2) is 11.5 Å². The van der Waals surface area contributed by atoms with Crippen LogP contribution in [0.1, 0.15) is 11.3 Å². The molecule has 0 radical (unpaired) electrons. The Balaban J connectivity index is 1.54. The van der Waals surface area contributed by atoms with E-state index >= 15 is 0 Å². The van der Waals surface area contributed by atoms with Gasteiger partial charge in [-0.2, -0.15) is 0 Å². The molecule has 1 aliphatic heterocycles. The Morgan fingerprint density at radius 1 is 1.27 bits per heavy atom. The zero-order chi connectivity index (χ0) is 18.5. The van der Waals surface area contributed by atoms with E-state index in [1.165, 1.54) is 19.3 Å². The van der Waals surface area contributed by atoms with Crippen LogP contribution in [0.5, 0.6) is 17.2 Å². The van der Waals surface area contributed by atoms with Crippen molar-refractivity contribution >= 4 is 12.0 Å². The Kier molecular flexibility index (Phi) is 5.26. The molecule has 1 N–H and O–H groups in total. The molecule has 0 fully saturated rings. The van der Waals surface area contributed by atoms with Crippen molar-refractivity contribution in [3.63, 3.8) is 0 Å². The molecule has 0 spiro atoms. The third kappa shape index (κ3) is 4.05. The van der Waals surface area contributed by atoms with Crippen molar-refractivity contribution in [1.82, 2.24) is 9.88 Å². The number of carbonyl (C=O) groups excluding carboxylic acids is 1. The molecule has 26 heavy (non-hydrogen) atoms. The molecule has 0 bridgehead atoms. The lowest BCUT2D eigenvalue weighted by molar-refractivity contribution is -0.116. The van der Waals surface area contributed by atoms with Crippen molar-refractivity contribution in [3.8, 4) is 17.2 Å². The van der Waals surface area contributed by atoms with Crippen LogP contribution >= 0.6 is 0 Å². The molecular formula is C19H20N2O5. The van der Waals surface area contributed by atoms with Gasteiger partial charge in [-0.15, -0.1) is 0 Å². The van der Waals surface area contributed by atoms with Crippen molar-refractivity contribution in [3.05, 3.63) is 58.0 Å². The van der Waals surface area contributed by atoms with E-state index in [-0.39, 0.29) is 18.3 Å². The van der Waals surface area contributed by atoms with E-state index in [9.17, 15) is 9.59 Å². The standard InChI is InChI=1S/C19H20N2O5/c1-13-9-15(24-2)11-19(23)21(13)8-7-20-18(22)6-4-14-3-5-16-17(10-14)26-12-25-16/h3-6,9-11H,7-8,12H2,1-2H3,(H,20,22)/b6-4+. The number of nitrogens with one attached hydrogen (secondary N) is 1. The van der Waals surface area contributed by atoms with E-state index < -0.39 is 0 Å². The first-order valence-corrected chi connectivity index (χ1v) is 8.18.